The molecule has 100 valence electrons. The van der Waals surface area contributed by atoms with Crippen molar-refractivity contribution < 1.29 is 0 Å². The van der Waals surface area contributed by atoms with Crippen molar-refractivity contribution in [2.45, 2.75) is 25.3 Å². The number of pyridine rings is 2. The summed E-state index contributed by atoms with van der Waals surface area (Å²) >= 11 is 3.38. The number of halogens is 1. The Hall–Kier alpha value is -1.30. The maximum absolute atomic E-state index is 5.62. The summed E-state index contributed by atoms with van der Waals surface area (Å²) in [4.78, 5) is 8.38. The molecule has 0 bridgehead atoms. The monoisotopic (exact) mass is 320 g/mol. The minimum Gasteiger partial charge on any atom is -0.271 e. The molecule has 0 saturated carbocycles. The molecule has 1 atom stereocenters. The van der Waals surface area contributed by atoms with Gasteiger partial charge >= 0.3 is 0 Å². The van der Waals surface area contributed by atoms with Crippen LogP contribution in [-0.4, -0.2) is 16.0 Å². The second-order valence-electron chi connectivity index (χ2n) is 4.43. The summed E-state index contributed by atoms with van der Waals surface area (Å²) in [7, 11) is 0. The van der Waals surface area contributed by atoms with Crippen LogP contribution in [0.3, 0.4) is 0 Å². The van der Waals surface area contributed by atoms with Gasteiger partial charge in [0.1, 0.15) is 0 Å². The number of nitrogens with two attached hydrogens (primary N) is 1. The highest BCUT2D eigenvalue weighted by Crippen LogP contribution is 2.11. The van der Waals surface area contributed by atoms with Crippen LogP contribution in [0.25, 0.3) is 0 Å². The van der Waals surface area contributed by atoms with Crippen molar-refractivity contribution in [1.29, 1.82) is 0 Å². The van der Waals surface area contributed by atoms with Crippen molar-refractivity contribution >= 4 is 15.9 Å². The number of nitrogens with one attached hydrogen (secondary N) is 1. The highest BCUT2D eigenvalue weighted by Gasteiger charge is 2.09. The molecule has 2 aromatic heterocycles. The Balaban J connectivity index is 1.88. The van der Waals surface area contributed by atoms with Gasteiger partial charge in [0.2, 0.25) is 0 Å². The number of rotatable bonds is 6. The van der Waals surface area contributed by atoms with Gasteiger partial charge in [-0.25, -0.2) is 0 Å². The lowest BCUT2D eigenvalue weighted by atomic mass is 10.0. The first-order valence-electron chi connectivity index (χ1n) is 6.23. The summed E-state index contributed by atoms with van der Waals surface area (Å²) in [6.07, 6.45) is 8.22. The third-order valence-electron chi connectivity index (χ3n) is 3.01. The Bertz CT molecular complexity index is 487. The fourth-order valence-electron chi connectivity index (χ4n) is 1.91. The van der Waals surface area contributed by atoms with Crippen LogP contribution < -0.4 is 11.3 Å². The zero-order valence-corrected chi connectivity index (χ0v) is 12.2. The lowest BCUT2D eigenvalue weighted by molar-refractivity contribution is 0.487. The van der Waals surface area contributed by atoms with Gasteiger partial charge in [-0.05, 0) is 58.6 Å². The van der Waals surface area contributed by atoms with Crippen LogP contribution in [-0.2, 0) is 12.8 Å². The summed E-state index contributed by atoms with van der Waals surface area (Å²) < 4.78 is 0.991. The fourth-order valence-corrected chi connectivity index (χ4v) is 2.15. The van der Waals surface area contributed by atoms with Crippen LogP contribution in [0.2, 0.25) is 0 Å². The van der Waals surface area contributed by atoms with Gasteiger partial charge in [0.15, 0.2) is 0 Å². The van der Waals surface area contributed by atoms with Crippen molar-refractivity contribution in [2.24, 2.45) is 5.84 Å². The largest absolute Gasteiger partial charge is 0.271 e. The maximum Gasteiger partial charge on any atom is 0.0420 e. The third kappa shape index (κ3) is 4.70. The minimum atomic E-state index is 0.224. The van der Waals surface area contributed by atoms with Crippen LogP contribution in [0.15, 0.2) is 47.3 Å². The molecule has 4 nitrogen and oxygen atoms in total. The van der Waals surface area contributed by atoms with Gasteiger partial charge in [-0.2, -0.15) is 0 Å². The van der Waals surface area contributed by atoms with E-state index in [1.165, 1.54) is 5.56 Å². The van der Waals surface area contributed by atoms with E-state index in [9.17, 15) is 0 Å². The van der Waals surface area contributed by atoms with Crippen molar-refractivity contribution in [1.82, 2.24) is 15.4 Å². The third-order valence-corrected chi connectivity index (χ3v) is 3.48. The van der Waals surface area contributed by atoms with Gasteiger partial charge < -0.3 is 0 Å². The molecule has 5 heteroatoms. The summed E-state index contributed by atoms with van der Waals surface area (Å²) in [6.45, 7) is 0. The first-order valence-corrected chi connectivity index (χ1v) is 7.02. The first-order chi connectivity index (χ1) is 9.28. The Labute approximate surface area is 121 Å². The van der Waals surface area contributed by atoms with Crippen molar-refractivity contribution in [3.8, 4) is 0 Å². The van der Waals surface area contributed by atoms with Crippen LogP contribution in [0.1, 0.15) is 17.7 Å². The normalized spacial score (nSPS) is 12.3. The fraction of sp³-hybridized carbons (Fsp3) is 0.286. The standard InChI is InChI=1S/C14H17BrN4/c15-12-2-4-13(18-10-12)9-14(19-16)3-1-11-5-7-17-8-6-11/h2,4-8,10,14,19H,1,3,9,16H2. The van der Waals surface area contributed by atoms with Gasteiger partial charge in [0, 0.05) is 41.2 Å². The summed E-state index contributed by atoms with van der Waals surface area (Å²) in [6, 6.07) is 8.30. The Morgan fingerprint density at radius 3 is 2.63 bits per heavy atom. The molecule has 0 aliphatic carbocycles. The minimum absolute atomic E-state index is 0.224. The van der Waals surface area contributed by atoms with Crippen molar-refractivity contribution in [2.75, 3.05) is 0 Å². The smallest absolute Gasteiger partial charge is 0.0420 e. The molecule has 2 rings (SSSR count). The Kier molecular flexibility index (Phi) is 5.44. The van der Waals surface area contributed by atoms with Crippen LogP contribution >= 0.6 is 15.9 Å². The first kappa shape index (κ1) is 14.1. The molecule has 2 aromatic rings. The lowest BCUT2D eigenvalue weighted by Crippen LogP contribution is -2.37. The van der Waals surface area contributed by atoms with Crippen LogP contribution in [0.4, 0.5) is 0 Å². The second-order valence-corrected chi connectivity index (χ2v) is 5.35. The molecule has 0 spiro atoms. The summed E-state index contributed by atoms with van der Waals surface area (Å²) in [5.74, 6) is 5.62. The average Bonchev–Trinajstić information content (AvgIpc) is 2.46. The number of nitrogens with zero attached hydrogens (tertiary/aromatic N) is 2. The molecule has 0 aromatic carbocycles. The van der Waals surface area contributed by atoms with E-state index in [0.717, 1.165) is 29.4 Å². The van der Waals surface area contributed by atoms with Gasteiger partial charge in [-0.1, -0.05) is 0 Å². The highest BCUT2D eigenvalue weighted by molar-refractivity contribution is 9.10. The van der Waals surface area contributed by atoms with Gasteiger partial charge in [-0.3, -0.25) is 21.2 Å². The molecule has 19 heavy (non-hydrogen) atoms. The summed E-state index contributed by atoms with van der Waals surface area (Å²) in [5.41, 5.74) is 5.19. The van der Waals surface area contributed by atoms with Gasteiger partial charge in [0.25, 0.3) is 0 Å². The number of hydrogen-bond acceptors (Lipinski definition) is 4. The van der Waals surface area contributed by atoms with Crippen molar-refractivity contribution in [3.05, 3.63) is 58.6 Å². The van der Waals surface area contributed by atoms with E-state index < -0.39 is 0 Å². The van der Waals surface area contributed by atoms with E-state index in [0.29, 0.717) is 0 Å². The zero-order chi connectivity index (χ0) is 13.5. The molecular formula is C14H17BrN4. The molecule has 0 radical (unpaired) electrons. The van der Waals surface area contributed by atoms with Crippen molar-refractivity contribution in [3.63, 3.8) is 0 Å². The van der Waals surface area contributed by atoms with E-state index >= 15 is 0 Å². The molecule has 0 aliphatic heterocycles. The number of hydrogen-bond donors (Lipinski definition) is 2. The van der Waals surface area contributed by atoms with E-state index in [1.807, 2.05) is 42.9 Å². The zero-order valence-electron chi connectivity index (χ0n) is 10.6. The van der Waals surface area contributed by atoms with Gasteiger partial charge in [0.05, 0.1) is 0 Å². The molecule has 0 saturated heterocycles. The molecule has 0 fully saturated rings. The Morgan fingerprint density at radius 1 is 1.21 bits per heavy atom. The topological polar surface area (TPSA) is 63.8 Å². The van der Waals surface area contributed by atoms with Gasteiger partial charge in [-0.15, -0.1) is 0 Å². The molecule has 0 amide bonds. The average molecular weight is 321 g/mol. The molecule has 2 heterocycles. The number of aryl methyl sites for hydroxylation is 1. The van der Waals surface area contributed by atoms with E-state index in [-0.39, 0.29) is 6.04 Å². The van der Waals surface area contributed by atoms with E-state index in [2.05, 4.69) is 31.3 Å². The van der Waals surface area contributed by atoms with Crippen LogP contribution in [0, 0.1) is 0 Å². The SMILES string of the molecule is NNC(CCc1ccncc1)Cc1ccc(Br)cn1. The molecule has 1 unspecified atom stereocenters. The molecule has 3 N–H and O–H groups in total. The lowest BCUT2D eigenvalue weighted by Gasteiger charge is -2.15. The number of aromatic nitrogens is 2. The predicted octanol–water partition coefficient (Wildman–Crippen LogP) is 2.25. The predicted molar refractivity (Wildman–Crippen MR) is 79.3 cm³/mol. The highest BCUT2D eigenvalue weighted by atomic mass is 79.9. The molecule has 0 aliphatic rings. The van der Waals surface area contributed by atoms with E-state index in [1.54, 1.807) is 0 Å². The number of hydrazine groups is 1. The second kappa shape index (κ2) is 7.33. The Morgan fingerprint density at radius 2 is 2.00 bits per heavy atom. The maximum atomic E-state index is 5.62. The van der Waals surface area contributed by atoms with Crippen LogP contribution in [0.5, 0.6) is 0 Å². The molecular weight excluding hydrogens is 304 g/mol. The van der Waals surface area contributed by atoms with E-state index in [4.69, 9.17) is 5.84 Å². The quantitative estimate of drug-likeness (QED) is 0.633. The summed E-state index contributed by atoms with van der Waals surface area (Å²) in [5, 5.41) is 0.